The molecule has 0 atom stereocenters. The van der Waals surface area contributed by atoms with Gasteiger partial charge in [-0.05, 0) is 38.0 Å². The highest BCUT2D eigenvalue weighted by atomic mass is 15.2. The van der Waals surface area contributed by atoms with E-state index in [1.54, 1.807) is 0 Å². The van der Waals surface area contributed by atoms with Crippen LogP contribution in [0.4, 0.5) is 0 Å². The second kappa shape index (κ2) is 9.80. The lowest BCUT2D eigenvalue weighted by Crippen LogP contribution is -2.59. The van der Waals surface area contributed by atoms with Crippen LogP contribution in [0.1, 0.15) is 87.0 Å². The molecule has 2 fully saturated rings. The van der Waals surface area contributed by atoms with Crippen molar-refractivity contribution >= 4 is 0 Å². The summed E-state index contributed by atoms with van der Waals surface area (Å²) in [5.74, 6) is 0.999. The largest absolute Gasteiger partial charge is 0.300 e. The summed E-state index contributed by atoms with van der Waals surface area (Å²) in [4.78, 5) is 2.62. The molecule has 0 unspecified atom stereocenters. The fraction of sp³-hybridized carbons (Fsp3) is 1.00. The molecule has 0 aromatic carbocycles. The van der Waals surface area contributed by atoms with Gasteiger partial charge in [0.15, 0.2) is 0 Å². The van der Waals surface area contributed by atoms with Gasteiger partial charge < -0.3 is 0 Å². The number of hydrogen-bond acceptors (Lipinski definition) is 1. The minimum Gasteiger partial charge on any atom is -0.300 e. The quantitative estimate of drug-likeness (QED) is 0.618. The van der Waals surface area contributed by atoms with Gasteiger partial charge in [-0.3, -0.25) is 4.90 Å². The molecule has 1 saturated heterocycles. The average molecular weight is 270 g/mol. The molecule has 0 radical (unpaired) electrons. The summed E-state index contributed by atoms with van der Waals surface area (Å²) in [6.07, 6.45) is 8.59. The van der Waals surface area contributed by atoms with E-state index in [0.29, 0.717) is 0 Å². The Morgan fingerprint density at radius 1 is 1.00 bits per heavy atom. The Labute approximate surface area is 123 Å². The van der Waals surface area contributed by atoms with E-state index in [2.05, 4.69) is 39.5 Å². The van der Waals surface area contributed by atoms with E-state index < -0.39 is 0 Å². The van der Waals surface area contributed by atoms with Crippen molar-refractivity contribution in [3.63, 3.8) is 0 Å². The standard InChI is InChI=1S/C12H23N.C4H10.C2H6/c1-10(2)13-8-12(9-13)6-4-11(3)5-7-12;1-3-4-2;1-2/h10-11H,4-9H2,1-3H3;3-4H2,1-2H3;1-2H3. The van der Waals surface area contributed by atoms with E-state index in [0.717, 1.165) is 17.4 Å². The third-order valence-corrected chi connectivity index (χ3v) is 4.64. The van der Waals surface area contributed by atoms with Gasteiger partial charge >= 0.3 is 0 Å². The molecule has 1 spiro atoms. The lowest BCUT2D eigenvalue weighted by molar-refractivity contribution is -0.0538. The Balaban J connectivity index is 0.000000467. The third-order valence-electron chi connectivity index (χ3n) is 4.64. The van der Waals surface area contributed by atoms with Crippen LogP contribution in [0.15, 0.2) is 0 Å². The van der Waals surface area contributed by atoms with Crippen molar-refractivity contribution < 1.29 is 0 Å². The van der Waals surface area contributed by atoms with Crippen molar-refractivity contribution in [2.24, 2.45) is 11.3 Å². The summed E-state index contributed by atoms with van der Waals surface area (Å²) in [5.41, 5.74) is 0.761. The van der Waals surface area contributed by atoms with Crippen LogP contribution in [0.2, 0.25) is 0 Å². The van der Waals surface area contributed by atoms with E-state index in [1.165, 1.54) is 51.6 Å². The van der Waals surface area contributed by atoms with Crippen LogP contribution >= 0.6 is 0 Å². The van der Waals surface area contributed by atoms with Gasteiger partial charge in [0.05, 0.1) is 0 Å². The second-order valence-electron chi connectivity index (χ2n) is 6.68. The van der Waals surface area contributed by atoms with Crippen LogP contribution in [0.5, 0.6) is 0 Å². The van der Waals surface area contributed by atoms with Crippen LogP contribution in [-0.4, -0.2) is 24.0 Å². The van der Waals surface area contributed by atoms with E-state index in [4.69, 9.17) is 0 Å². The summed E-state index contributed by atoms with van der Waals surface area (Å²) in [7, 11) is 0. The topological polar surface area (TPSA) is 3.24 Å². The highest BCUT2D eigenvalue weighted by Crippen LogP contribution is 2.45. The zero-order valence-corrected chi connectivity index (χ0v) is 14.8. The zero-order chi connectivity index (χ0) is 14.9. The lowest BCUT2D eigenvalue weighted by atomic mass is 9.66. The molecule has 19 heavy (non-hydrogen) atoms. The smallest absolute Gasteiger partial charge is 0.00532 e. The first kappa shape index (κ1) is 19.0. The Kier molecular flexibility index (Phi) is 9.78. The second-order valence-corrected chi connectivity index (χ2v) is 6.68. The number of unbranched alkanes of at least 4 members (excludes halogenated alkanes) is 1. The third kappa shape index (κ3) is 6.29. The number of likely N-dealkylation sites (tertiary alicyclic amines) is 1. The van der Waals surface area contributed by atoms with Crippen molar-refractivity contribution in [1.82, 2.24) is 4.90 Å². The van der Waals surface area contributed by atoms with Gasteiger partial charge in [-0.1, -0.05) is 60.3 Å². The van der Waals surface area contributed by atoms with Crippen LogP contribution < -0.4 is 0 Å². The Morgan fingerprint density at radius 3 is 1.74 bits per heavy atom. The Morgan fingerprint density at radius 2 is 1.42 bits per heavy atom. The normalized spacial score (nSPS) is 22.1. The summed E-state index contributed by atoms with van der Waals surface area (Å²) in [6.45, 7) is 18.2. The highest BCUT2D eigenvalue weighted by Gasteiger charge is 2.44. The minimum absolute atomic E-state index is 0.761. The van der Waals surface area contributed by atoms with Gasteiger partial charge in [0.25, 0.3) is 0 Å². The molecular weight excluding hydrogens is 230 g/mol. The van der Waals surface area contributed by atoms with Crippen LogP contribution in [0.25, 0.3) is 0 Å². The van der Waals surface area contributed by atoms with Gasteiger partial charge in [-0.2, -0.15) is 0 Å². The molecule has 1 aliphatic carbocycles. The molecule has 2 rings (SSSR count). The molecule has 0 amide bonds. The fourth-order valence-corrected chi connectivity index (χ4v) is 2.87. The Hall–Kier alpha value is -0.0400. The average Bonchev–Trinajstić information content (AvgIpc) is 2.40. The van der Waals surface area contributed by atoms with Gasteiger partial charge in [-0.25, -0.2) is 0 Å². The summed E-state index contributed by atoms with van der Waals surface area (Å²) in [6, 6.07) is 0.768. The SMILES string of the molecule is CC.CC1CCC2(CC1)CN(C(C)C)C2.CCCC. The van der Waals surface area contributed by atoms with Gasteiger partial charge in [0.1, 0.15) is 0 Å². The first-order valence-corrected chi connectivity index (χ1v) is 8.77. The van der Waals surface area contributed by atoms with Crippen molar-refractivity contribution in [1.29, 1.82) is 0 Å². The minimum atomic E-state index is 0.761. The van der Waals surface area contributed by atoms with Gasteiger partial charge in [0.2, 0.25) is 0 Å². The van der Waals surface area contributed by atoms with Crippen LogP contribution in [0, 0.1) is 11.3 Å². The lowest BCUT2D eigenvalue weighted by Gasteiger charge is -2.55. The molecule has 1 aliphatic heterocycles. The fourth-order valence-electron chi connectivity index (χ4n) is 2.87. The van der Waals surface area contributed by atoms with Crippen LogP contribution in [0.3, 0.4) is 0 Å². The molecule has 1 nitrogen and oxygen atoms in total. The van der Waals surface area contributed by atoms with Crippen molar-refractivity contribution in [3.8, 4) is 0 Å². The Bertz CT molecular complexity index is 192. The number of rotatable bonds is 2. The monoisotopic (exact) mass is 269 g/mol. The van der Waals surface area contributed by atoms with Crippen molar-refractivity contribution in [3.05, 3.63) is 0 Å². The predicted octanol–water partition coefficient (Wildman–Crippen LogP) is 5.74. The van der Waals surface area contributed by atoms with E-state index in [-0.39, 0.29) is 0 Å². The number of nitrogens with zero attached hydrogens (tertiary/aromatic N) is 1. The van der Waals surface area contributed by atoms with Gasteiger partial charge in [0, 0.05) is 19.1 Å². The molecule has 1 heteroatoms. The van der Waals surface area contributed by atoms with Gasteiger partial charge in [-0.15, -0.1) is 0 Å². The predicted molar refractivity (Wildman–Crippen MR) is 88.7 cm³/mol. The molecule has 0 bridgehead atoms. The molecular formula is C18H39N. The molecule has 1 heterocycles. The first-order valence-electron chi connectivity index (χ1n) is 8.77. The molecule has 0 aromatic rings. The van der Waals surface area contributed by atoms with E-state index >= 15 is 0 Å². The van der Waals surface area contributed by atoms with Crippen molar-refractivity contribution in [2.75, 3.05) is 13.1 Å². The van der Waals surface area contributed by atoms with E-state index in [9.17, 15) is 0 Å². The molecule has 116 valence electrons. The highest BCUT2D eigenvalue weighted by molar-refractivity contribution is 4.98. The summed E-state index contributed by atoms with van der Waals surface area (Å²) >= 11 is 0. The molecule has 2 aliphatic rings. The molecule has 1 saturated carbocycles. The first-order chi connectivity index (χ1) is 9.03. The maximum absolute atomic E-state index is 2.62. The summed E-state index contributed by atoms with van der Waals surface area (Å²) in [5, 5.41) is 0. The number of hydrogen-bond donors (Lipinski definition) is 0. The summed E-state index contributed by atoms with van der Waals surface area (Å²) < 4.78 is 0. The molecule has 0 aromatic heterocycles. The van der Waals surface area contributed by atoms with Crippen molar-refractivity contribution in [2.45, 2.75) is 93.0 Å². The van der Waals surface area contributed by atoms with Crippen LogP contribution in [-0.2, 0) is 0 Å². The zero-order valence-electron chi connectivity index (χ0n) is 14.8. The maximum Gasteiger partial charge on any atom is 0.00532 e. The van der Waals surface area contributed by atoms with E-state index in [1.807, 2.05) is 13.8 Å². The molecule has 0 N–H and O–H groups in total. The maximum atomic E-state index is 2.62.